The first-order valence-corrected chi connectivity index (χ1v) is 26.7. The van der Waals surface area contributed by atoms with E-state index in [1.165, 1.54) is 120 Å². The summed E-state index contributed by atoms with van der Waals surface area (Å²) in [4.78, 5) is 0. The molecule has 5 aliphatic carbocycles. The molecule has 0 radical (unpaired) electrons. The van der Waals surface area contributed by atoms with Gasteiger partial charge >= 0.3 is 0 Å². The second kappa shape index (κ2) is 19.7. The minimum Gasteiger partial charge on any atom is -0.0683 e. The molecule has 10 atom stereocenters. The van der Waals surface area contributed by atoms with E-state index >= 15 is 0 Å². The number of rotatable bonds is 12. The number of hydrogen-bond donors (Lipinski definition) is 0. The first-order valence-electron chi connectivity index (χ1n) is 26.7. The van der Waals surface area contributed by atoms with Gasteiger partial charge in [0.25, 0.3) is 0 Å². The molecule has 0 heteroatoms. The van der Waals surface area contributed by atoms with Crippen LogP contribution in [0.15, 0.2) is 36.4 Å². The third-order valence-electron chi connectivity index (χ3n) is 18.7. The van der Waals surface area contributed by atoms with Crippen LogP contribution in [-0.4, -0.2) is 0 Å². The summed E-state index contributed by atoms with van der Waals surface area (Å²) in [6, 6.07) is 15.6. The molecule has 0 spiro atoms. The quantitative estimate of drug-likeness (QED) is 0.200. The van der Waals surface area contributed by atoms with E-state index in [-0.39, 0.29) is 16.2 Å². The van der Waals surface area contributed by atoms with Crippen LogP contribution in [0.1, 0.15) is 249 Å². The van der Waals surface area contributed by atoms with Gasteiger partial charge in [-0.05, 0) is 173 Å². The van der Waals surface area contributed by atoms with Crippen molar-refractivity contribution in [3.05, 3.63) is 58.7 Å². The summed E-state index contributed by atoms with van der Waals surface area (Å²) in [5, 5.41) is 0. The summed E-state index contributed by atoms with van der Waals surface area (Å²) in [5.74, 6) is 7.96. The topological polar surface area (TPSA) is 0 Å². The molecule has 0 bridgehead atoms. The highest BCUT2D eigenvalue weighted by Crippen LogP contribution is 2.71. The minimum atomic E-state index is 0.106. The van der Waals surface area contributed by atoms with Crippen LogP contribution in [0.4, 0.5) is 0 Å². The Morgan fingerprint density at radius 2 is 1.18 bits per heavy atom. The lowest BCUT2D eigenvalue weighted by Crippen LogP contribution is -2.55. The van der Waals surface area contributed by atoms with Crippen molar-refractivity contribution in [1.82, 2.24) is 0 Å². The van der Waals surface area contributed by atoms with Crippen LogP contribution in [0, 0.1) is 64.1 Å². The fourth-order valence-electron chi connectivity index (χ4n) is 15.3. The van der Waals surface area contributed by atoms with Crippen LogP contribution in [0.2, 0.25) is 0 Å². The molecule has 0 saturated heterocycles. The largest absolute Gasteiger partial charge is 0.0683 e. The monoisotopic (exact) mass is 821 g/mol. The summed E-state index contributed by atoms with van der Waals surface area (Å²) in [6.45, 7) is 40.7. The molecule has 0 aliphatic heterocycles. The van der Waals surface area contributed by atoms with Crippen molar-refractivity contribution in [2.45, 2.75) is 243 Å². The van der Waals surface area contributed by atoms with E-state index in [9.17, 15) is 0 Å². The lowest BCUT2D eigenvalue weighted by molar-refractivity contribution is -0.125. The third kappa shape index (κ3) is 9.18. The van der Waals surface area contributed by atoms with Crippen LogP contribution in [-0.2, 0) is 16.2 Å². The summed E-state index contributed by atoms with van der Waals surface area (Å²) < 4.78 is 0. The van der Waals surface area contributed by atoms with E-state index in [1.807, 2.05) is 27.7 Å². The standard InChI is InChI=1S/C56H88.2C2H6/c1-14-16-20-39(15-2)36-56(50-34-40(52(6,7)8)21-24-44(50)45-25-22-41(35-51(45)56)53(9,10)11)43-29-31-54(12)42(33-43)23-26-46-48-28-27-47(38(5)19-17-18-37(3)4)55(48,13)32-30-49(46)54;2*1-2/h21-22,24-25,34-35,37-39,42-43,46-49H,14-20,23,26-33,36H2,1-13H3;2*1-2H3. The van der Waals surface area contributed by atoms with E-state index in [2.05, 4.69) is 126 Å². The molecule has 0 heterocycles. The molecule has 4 saturated carbocycles. The molecule has 0 N–H and O–H groups in total. The van der Waals surface area contributed by atoms with Crippen molar-refractivity contribution in [3.63, 3.8) is 0 Å². The molecular formula is C60H100. The van der Waals surface area contributed by atoms with E-state index in [4.69, 9.17) is 0 Å². The summed E-state index contributed by atoms with van der Waals surface area (Å²) >= 11 is 0. The highest BCUT2D eigenvalue weighted by atomic mass is 14.7. The Kier molecular flexibility index (Phi) is 16.2. The van der Waals surface area contributed by atoms with Crippen molar-refractivity contribution in [2.24, 2.45) is 64.1 Å². The molecule has 2 aromatic rings. The predicted molar refractivity (Wildman–Crippen MR) is 267 cm³/mol. The predicted octanol–water partition coefficient (Wildman–Crippen LogP) is 18.9. The lowest BCUT2D eigenvalue weighted by atomic mass is 9.42. The van der Waals surface area contributed by atoms with E-state index < -0.39 is 0 Å². The van der Waals surface area contributed by atoms with Gasteiger partial charge in [0.15, 0.2) is 0 Å². The van der Waals surface area contributed by atoms with Gasteiger partial charge in [0.05, 0.1) is 0 Å². The highest BCUT2D eigenvalue weighted by Gasteiger charge is 2.62. The third-order valence-corrected chi connectivity index (χ3v) is 18.7. The van der Waals surface area contributed by atoms with Crippen LogP contribution < -0.4 is 0 Å². The molecule has 2 aromatic carbocycles. The van der Waals surface area contributed by atoms with Crippen LogP contribution in [0.5, 0.6) is 0 Å². The fraction of sp³-hybridized carbons (Fsp3) is 0.800. The molecule has 0 aromatic heterocycles. The zero-order valence-electron chi connectivity index (χ0n) is 43.2. The second-order valence-electron chi connectivity index (χ2n) is 24.3. The van der Waals surface area contributed by atoms with Gasteiger partial charge in [0.1, 0.15) is 0 Å². The average Bonchev–Trinajstić information content (AvgIpc) is 3.72. The molecule has 10 unspecified atom stereocenters. The average molecular weight is 821 g/mol. The van der Waals surface area contributed by atoms with Gasteiger partial charge in [0.2, 0.25) is 0 Å². The molecule has 340 valence electrons. The molecule has 0 amide bonds. The van der Waals surface area contributed by atoms with E-state index in [1.54, 1.807) is 22.3 Å². The van der Waals surface area contributed by atoms with Crippen molar-refractivity contribution in [3.8, 4) is 11.1 Å². The van der Waals surface area contributed by atoms with Crippen LogP contribution >= 0.6 is 0 Å². The number of hydrogen-bond acceptors (Lipinski definition) is 0. The normalized spacial score (nSPS) is 31.3. The summed E-state index contributed by atoms with van der Waals surface area (Å²) in [5.41, 5.74) is 11.1. The Morgan fingerprint density at radius 3 is 1.72 bits per heavy atom. The van der Waals surface area contributed by atoms with Crippen LogP contribution in [0.25, 0.3) is 11.1 Å². The summed E-state index contributed by atoms with van der Waals surface area (Å²) in [6.07, 6.45) is 24.4. The minimum absolute atomic E-state index is 0.106. The molecule has 7 rings (SSSR count). The maximum Gasteiger partial charge on any atom is 0.0246 e. The molecule has 4 fully saturated rings. The number of benzene rings is 2. The van der Waals surface area contributed by atoms with Crippen LogP contribution in [0.3, 0.4) is 0 Å². The van der Waals surface area contributed by atoms with Gasteiger partial charge in [-0.25, -0.2) is 0 Å². The van der Waals surface area contributed by atoms with Gasteiger partial charge in [-0.2, -0.15) is 0 Å². The SMILES string of the molecule is CC.CC.CCCCC(CC)CC1(C2CCC3(C)C(CCC4C3CCC3(C)C(C(C)CCCC(C)C)CCC43)C2)c2cc(C(C)(C)C)ccc2-c2ccc(C(C)(C)C)cc21. The zero-order valence-corrected chi connectivity index (χ0v) is 43.2. The molecule has 5 aliphatic rings. The van der Waals surface area contributed by atoms with Crippen molar-refractivity contribution < 1.29 is 0 Å². The van der Waals surface area contributed by atoms with Gasteiger partial charge in [0, 0.05) is 5.41 Å². The van der Waals surface area contributed by atoms with Crippen molar-refractivity contribution >= 4 is 0 Å². The smallest absolute Gasteiger partial charge is 0.0246 e. The second-order valence-corrected chi connectivity index (χ2v) is 24.3. The molecule has 60 heavy (non-hydrogen) atoms. The number of unbranched alkanes of at least 4 members (excludes halogenated alkanes) is 1. The van der Waals surface area contributed by atoms with Gasteiger partial charge < -0.3 is 0 Å². The lowest BCUT2D eigenvalue weighted by Gasteiger charge is -2.62. The Hall–Kier alpha value is -1.56. The highest BCUT2D eigenvalue weighted by molar-refractivity contribution is 5.82. The Morgan fingerprint density at radius 1 is 0.617 bits per heavy atom. The first-order chi connectivity index (χ1) is 28.4. The Bertz CT molecular complexity index is 1590. The van der Waals surface area contributed by atoms with Crippen molar-refractivity contribution in [1.29, 1.82) is 0 Å². The van der Waals surface area contributed by atoms with Gasteiger partial charge in [-0.15, -0.1) is 0 Å². The summed E-state index contributed by atoms with van der Waals surface area (Å²) in [7, 11) is 0. The fourth-order valence-corrected chi connectivity index (χ4v) is 15.3. The molecular weight excluding hydrogens is 721 g/mol. The first kappa shape index (κ1) is 49.5. The maximum atomic E-state index is 2.85. The zero-order chi connectivity index (χ0) is 44.4. The van der Waals surface area contributed by atoms with Gasteiger partial charge in [-0.1, -0.05) is 199 Å². The Labute approximate surface area is 375 Å². The van der Waals surface area contributed by atoms with E-state index in [0.29, 0.717) is 10.8 Å². The number of fused-ring (bicyclic) bond motifs is 8. The molecule has 0 nitrogen and oxygen atoms in total. The van der Waals surface area contributed by atoms with Crippen molar-refractivity contribution in [2.75, 3.05) is 0 Å². The van der Waals surface area contributed by atoms with E-state index in [0.717, 1.165) is 53.3 Å². The van der Waals surface area contributed by atoms with Gasteiger partial charge in [-0.3, -0.25) is 0 Å². The maximum absolute atomic E-state index is 2.85. The Balaban J connectivity index is 0.00000166.